The Morgan fingerprint density at radius 3 is 2.47 bits per heavy atom. The third-order valence-corrected chi connectivity index (χ3v) is 7.59. The van der Waals surface area contributed by atoms with Crippen molar-refractivity contribution in [3.8, 4) is 0 Å². The van der Waals surface area contributed by atoms with Gasteiger partial charge in [-0.1, -0.05) is 65.3 Å². The molecule has 0 unspecified atom stereocenters. The quantitative estimate of drug-likeness (QED) is 0.340. The molecule has 0 N–H and O–H groups in total. The largest absolute Gasteiger partial charge is 0.272 e. The molecule has 1 aromatic heterocycles. The highest BCUT2D eigenvalue weighted by atomic mass is 35.5. The Kier molecular flexibility index (Phi) is 7.05. The number of benzene rings is 2. The predicted octanol–water partition coefficient (Wildman–Crippen LogP) is 7.30. The second-order valence-electron chi connectivity index (χ2n) is 8.40. The highest BCUT2D eigenvalue weighted by molar-refractivity contribution is 7.99. The van der Waals surface area contributed by atoms with Crippen LogP contribution < -0.4 is 0 Å². The minimum atomic E-state index is -0.141. The number of allylic oxidation sites excluding steroid dienone is 1. The first-order valence-electron chi connectivity index (χ1n) is 11.2. The number of rotatable bonds is 5. The highest BCUT2D eigenvalue weighted by Crippen LogP contribution is 2.44. The molecule has 0 spiro atoms. The number of hydrogen-bond donors (Lipinski definition) is 0. The first kappa shape index (κ1) is 23.2. The molecule has 7 heteroatoms. The number of hydrazone groups is 1. The van der Waals surface area contributed by atoms with Crippen molar-refractivity contribution in [1.29, 1.82) is 0 Å². The van der Waals surface area contributed by atoms with Gasteiger partial charge in [0, 0.05) is 22.2 Å². The molecular weight excluding hydrogens is 485 g/mol. The molecule has 2 aromatic carbocycles. The molecule has 2 aliphatic rings. The Labute approximate surface area is 213 Å². The van der Waals surface area contributed by atoms with Gasteiger partial charge in [0.05, 0.1) is 22.5 Å². The molecule has 0 radical (unpaired) electrons. The van der Waals surface area contributed by atoms with Crippen LogP contribution in [0.1, 0.15) is 36.4 Å². The van der Waals surface area contributed by atoms with Crippen LogP contribution in [0.5, 0.6) is 0 Å². The van der Waals surface area contributed by atoms with Crippen molar-refractivity contribution in [2.24, 2.45) is 11.0 Å². The van der Waals surface area contributed by atoms with Crippen LogP contribution in [-0.4, -0.2) is 27.4 Å². The van der Waals surface area contributed by atoms with Crippen LogP contribution in [0.15, 0.2) is 88.6 Å². The van der Waals surface area contributed by atoms with E-state index in [9.17, 15) is 4.79 Å². The van der Waals surface area contributed by atoms with E-state index in [1.54, 1.807) is 11.2 Å². The minimum absolute atomic E-state index is 0.0247. The molecule has 1 aliphatic carbocycles. The zero-order chi connectivity index (χ0) is 23.5. The molecule has 1 fully saturated rings. The van der Waals surface area contributed by atoms with E-state index in [4.69, 9.17) is 28.3 Å². The summed E-state index contributed by atoms with van der Waals surface area (Å²) < 4.78 is 0. The number of aromatic nitrogens is 1. The topological polar surface area (TPSA) is 45.6 Å². The average Bonchev–Trinajstić information content (AvgIpc) is 3.26. The Balaban J connectivity index is 1.47. The number of nitrogens with zero attached hydrogens (tertiary/aromatic N) is 3. The molecule has 1 amide bonds. The summed E-state index contributed by atoms with van der Waals surface area (Å²) in [7, 11) is 0. The molecule has 1 aliphatic heterocycles. The number of carbonyl (C=O) groups is 1. The summed E-state index contributed by atoms with van der Waals surface area (Å²) in [5, 5.41) is 8.85. The first-order valence-corrected chi connectivity index (χ1v) is 13.0. The van der Waals surface area contributed by atoms with Gasteiger partial charge in [-0.05, 0) is 78.4 Å². The Hall–Kier alpha value is -2.60. The fraction of sp³-hybridized carbons (Fsp3) is 0.222. The monoisotopic (exact) mass is 507 g/mol. The molecule has 0 bridgehead atoms. The van der Waals surface area contributed by atoms with Crippen molar-refractivity contribution < 1.29 is 4.79 Å². The van der Waals surface area contributed by atoms with Crippen LogP contribution in [0.3, 0.4) is 0 Å². The molecule has 3 aromatic rings. The van der Waals surface area contributed by atoms with Crippen molar-refractivity contribution in [2.75, 3.05) is 5.75 Å². The van der Waals surface area contributed by atoms with Gasteiger partial charge in [0.25, 0.3) is 5.91 Å². The fourth-order valence-electron chi connectivity index (χ4n) is 4.59. The van der Waals surface area contributed by atoms with Crippen molar-refractivity contribution in [3.05, 3.63) is 99.7 Å². The standard InChI is InChI=1S/C27H23Cl2N3OS/c28-21-11-7-18(8-12-21)16-20-4-3-5-23-26(20)31-32(27(23)19-9-13-22(29)14-10-19)25(33)17-34-24-6-1-2-15-30-24/h1-2,6-16,23,27H,3-5,17H2/b20-16-/t23-,27-/m0/s1. The van der Waals surface area contributed by atoms with Crippen molar-refractivity contribution in [1.82, 2.24) is 9.99 Å². The van der Waals surface area contributed by atoms with E-state index in [1.165, 1.54) is 17.3 Å². The SMILES string of the molecule is O=C(CSc1ccccn1)N1N=C2/C(=C\c3ccc(Cl)cc3)CCC[C@@H]2[C@@H]1c1ccc(Cl)cc1. The van der Waals surface area contributed by atoms with Gasteiger partial charge in [0.15, 0.2) is 0 Å². The zero-order valence-corrected chi connectivity index (χ0v) is 20.7. The second-order valence-corrected chi connectivity index (χ2v) is 10.3. The average molecular weight is 508 g/mol. The molecule has 1 saturated carbocycles. The summed E-state index contributed by atoms with van der Waals surface area (Å²) >= 11 is 13.7. The summed E-state index contributed by atoms with van der Waals surface area (Å²) in [4.78, 5) is 17.7. The molecule has 5 rings (SSSR count). The lowest BCUT2D eigenvalue weighted by Crippen LogP contribution is -2.32. The summed E-state index contributed by atoms with van der Waals surface area (Å²) in [5.74, 6) is 0.404. The normalized spacial score (nSPS) is 20.8. The number of pyridine rings is 1. The fourth-order valence-corrected chi connectivity index (χ4v) is 5.56. The van der Waals surface area contributed by atoms with Gasteiger partial charge < -0.3 is 0 Å². The number of amides is 1. The van der Waals surface area contributed by atoms with Gasteiger partial charge in [0.2, 0.25) is 0 Å². The van der Waals surface area contributed by atoms with E-state index < -0.39 is 0 Å². The van der Waals surface area contributed by atoms with Crippen LogP contribution in [-0.2, 0) is 4.79 Å². The second kappa shape index (κ2) is 10.3. The maximum atomic E-state index is 13.4. The van der Waals surface area contributed by atoms with Gasteiger partial charge in [-0.25, -0.2) is 9.99 Å². The maximum Gasteiger partial charge on any atom is 0.253 e. The minimum Gasteiger partial charge on any atom is -0.272 e. The van der Waals surface area contributed by atoms with Gasteiger partial charge in [-0.2, -0.15) is 5.10 Å². The van der Waals surface area contributed by atoms with E-state index in [0.717, 1.165) is 41.1 Å². The van der Waals surface area contributed by atoms with Crippen molar-refractivity contribution >= 4 is 52.7 Å². The molecule has 34 heavy (non-hydrogen) atoms. The smallest absolute Gasteiger partial charge is 0.253 e. The van der Waals surface area contributed by atoms with E-state index in [2.05, 4.69) is 11.1 Å². The number of halogens is 2. The third kappa shape index (κ3) is 5.07. The molecular formula is C27H23Cl2N3OS. The van der Waals surface area contributed by atoms with Crippen LogP contribution in [0.2, 0.25) is 10.0 Å². The molecule has 2 heterocycles. The van der Waals surface area contributed by atoms with E-state index in [1.807, 2.05) is 66.7 Å². The molecule has 4 nitrogen and oxygen atoms in total. The Bertz CT molecular complexity index is 1230. The number of thioether (sulfide) groups is 1. The van der Waals surface area contributed by atoms with Crippen LogP contribution in [0, 0.1) is 5.92 Å². The zero-order valence-electron chi connectivity index (χ0n) is 18.4. The van der Waals surface area contributed by atoms with E-state index in [0.29, 0.717) is 10.0 Å². The summed E-state index contributed by atoms with van der Waals surface area (Å²) in [5.41, 5.74) is 4.33. The van der Waals surface area contributed by atoms with Gasteiger partial charge in [-0.3, -0.25) is 4.79 Å². The van der Waals surface area contributed by atoms with Crippen LogP contribution in [0.4, 0.5) is 0 Å². The van der Waals surface area contributed by atoms with E-state index in [-0.39, 0.29) is 23.6 Å². The van der Waals surface area contributed by atoms with Gasteiger partial charge in [-0.15, -0.1) is 0 Å². The van der Waals surface area contributed by atoms with Crippen molar-refractivity contribution in [3.63, 3.8) is 0 Å². The van der Waals surface area contributed by atoms with Gasteiger partial charge >= 0.3 is 0 Å². The summed E-state index contributed by atoms with van der Waals surface area (Å²) in [6, 6.07) is 21.2. The van der Waals surface area contributed by atoms with Crippen LogP contribution >= 0.6 is 35.0 Å². The van der Waals surface area contributed by atoms with E-state index >= 15 is 0 Å². The van der Waals surface area contributed by atoms with Crippen molar-refractivity contribution in [2.45, 2.75) is 30.3 Å². The highest BCUT2D eigenvalue weighted by Gasteiger charge is 2.43. The Morgan fingerprint density at radius 2 is 1.76 bits per heavy atom. The lowest BCUT2D eigenvalue weighted by molar-refractivity contribution is -0.130. The lowest BCUT2D eigenvalue weighted by atomic mass is 9.77. The molecule has 2 atom stereocenters. The third-order valence-electron chi connectivity index (χ3n) is 6.16. The molecule has 172 valence electrons. The van der Waals surface area contributed by atoms with Gasteiger partial charge in [0.1, 0.15) is 0 Å². The predicted molar refractivity (Wildman–Crippen MR) is 140 cm³/mol. The first-order chi connectivity index (χ1) is 16.6. The lowest BCUT2D eigenvalue weighted by Gasteiger charge is -2.29. The number of fused-ring (bicyclic) bond motifs is 1. The maximum absolute atomic E-state index is 13.4. The summed E-state index contributed by atoms with van der Waals surface area (Å²) in [6.07, 6.45) is 6.90. The number of carbonyl (C=O) groups excluding carboxylic acids is 1. The summed E-state index contributed by atoms with van der Waals surface area (Å²) in [6.45, 7) is 0. The van der Waals surface area contributed by atoms with Crippen LogP contribution in [0.25, 0.3) is 6.08 Å². The Morgan fingerprint density at radius 1 is 1.03 bits per heavy atom. The number of hydrogen-bond acceptors (Lipinski definition) is 4. The molecule has 0 saturated heterocycles.